The first-order valence-corrected chi connectivity index (χ1v) is 5.01. The van der Waals surface area contributed by atoms with E-state index in [0.29, 0.717) is 5.69 Å². The number of ether oxygens (including phenoxy) is 1. The van der Waals surface area contributed by atoms with Gasteiger partial charge in [0.2, 0.25) is 5.69 Å². The molecule has 92 valence electrons. The summed E-state index contributed by atoms with van der Waals surface area (Å²) in [4.78, 5) is 36.3. The summed E-state index contributed by atoms with van der Waals surface area (Å²) in [5, 5.41) is 3.70. The fraction of sp³-hybridized carbons (Fsp3) is 0.0909. The van der Waals surface area contributed by atoms with Crippen molar-refractivity contribution in [1.82, 2.24) is 14.8 Å². The van der Waals surface area contributed by atoms with E-state index in [-0.39, 0.29) is 0 Å². The fourth-order valence-electron chi connectivity index (χ4n) is 1.37. The zero-order chi connectivity index (χ0) is 13.1. The van der Waals surface area contributed by atoms with Gasteiger partial charge in [-0.3, -0.25) is 9.78 Å². The predicted octanol–water partition coefficient (Wildman–Crippen LogP) is -0.293. The Morgan fingerprint density at radius 2 is 1.94 bits per heavy atom. The molecule has 0 unspecified atom stereocenters. The van der Waals surface area contributed by atoms with Crippen LogP contribution in [0.25, 0.3) is 5.69 Å². The summed E-state index contributed by atoms with van der Waals surface area (Å²) >= 11 is 0. The normalized spacial score (nSPS) is 10.1. The molecule has 1 heterocycles. The number of nitrogens with one attached hydrogen (secondary N) is 1. The highest BCUT2D eigenvalue weighted by Crippen LogP contribution is 2.01. The minimum Gasteiger partial charge on any atom is -0.464 e. The first-order chi connectivity index (χ1) is 8.63. The number of hydrogen-bond donors (Lipinski definition) is 1. The molecule has 1 aromatic carbocycles. The molecule has 0 radical (unpaired) electrons. The Hall–Kier alpha value is -2.70. The summed E-state index contributed by atoms with van der Waals surface area (Å²) in [6.07, 6.45) is 0. The molecule has 0 spiro atoms. The maximum absolute atomic E-state index is 11.6. The first-order valence-electron chi connectivity index (χ1n) is 5.01. The van der Waals surface area contributed by atoms with Crippen LogP contribution in [0.1, 0.15) is 10.5 Å². The number of esters is 1. The SMILES string of the molecule is COC(=O)c1nn(-c2ccccc2)c(=O)[nH]c1=O. The third kappa shape index (κ3) is 2.05. The van der Waals surface area contributed by atoms with Crippen molar-refractivity contribution in [2.24, 2.45) is 0 Å². The highest BCUT2D eigenvalue weighted by Gasteiger charge is 2.16. The van der Waals surface area contributed by atoms with Gasteiger partial charge in [-0.05, 0) is 12.1 Å². The van der Waals surface area contributed by atoms with Crippen LogP contribution in [0.15, 0.2) is 39.9 Å². The predicted molar refractivity (Wildman–Crippen MR) is 61.8 cm³/mol. The lowest BCUT2D eigenvalue weighted by molar-refractivity contribution is 0.0589. The number of benzene rings is 1. The Morgan fingerprint density at radius 1 is 1.28 bits per heavy atom. The minimum absolute atomic E-state index is 0.434. The molecule has 2 aromatic rings. The van der Waals surface area contributed by atoms with E-state index in [1.54, 1.807) is 30.3 Å². The van der Waals surface area contributed by atoms with Crippen LogP contribution in [0, 0.1) is 0 Å². The summed E-state index contributed by atoms with van der Waals surface area (Å²) in [6.45, 7) is 0. The van der Waals surface area contributed by atoms with Gasteiger partial charge in [0.15, 0.2) is 0 Å². The maximum atomic E-state index is 11.6. The molecule has 0 aliphatic rings. The van der Waals surface area contributed by atoms with E-state index < -0.39 is 22.9 Å². The number of aromatic nitrogens is 3. The van der Waals surface area contributed by atoms with Gasteiger partial charge in [0.05, 0.1) is 12.8 Å². The Bertz CT molecular complexity index is 687. The van der Waals surface area contributed by atoms with Crippen LogP contribution >= 0.6 is 0 Å². The van der Waals surface area contributed by atoms with Crippen molar-refractivity contribution >= 4 is 5.97 Å². The molecule has 1 N–H and O–H groups in total. The van der Waals surface area contributed by atoms with E-state index in [0.717, 1.165) is 11.8 Å². The van der Waals surface area contributed by atoms with Gasteiger partial charge in [-0.15, -0.1) is 0 Å². The van der Waals surface area contributed by atoms with E-state index in [1.807, 2.05) is 4.98 Å². The maximum Gasteiger partial charge on any atom is 0.364 e. The van der Waals surface area contributed by atoms with Gasteiger partial charge in [0.25, 0.3) is 5.56 Å². The number of methoxy groups -OCH3 is 1. The number of carbonyl (C=O) groups excluding carboxylic acids is 1. The van der Waals surface area contributed by atoms with Crippen molar-refractivity contribution in [1.29, 1.82) is 0 Å². The van der Waals surface area contributed by atoms with Gasteiger partial charge < -0.3 is 4.74 Å². The number of nitrogens with zero attached hydrogens (tertiary/aromatic N) is 2. The van der Waals surface area contributed by atoms with Crippen molar-refractivity contribution in [3.63, 3.8) is 0 Å². The second-order valence-electron chi connectivity index (χ2n) is 3.35. The van der Waals surface area contributed by atoms with Crippen LogP contribution in [0.2, 0.25) is 0 Å². The number of aromatic amines is 1. The van der Waals surface area contributed by atoms with Gasteiger partial charge >= 0.3 is 11.7 Å². The van der Waals surface area contributed by atoms with Crippen LogP contribution in [0.4, 0.5) is 0 Å². The van der Waals surface area contributed by atoms with Gasteiger partial charge in [0, 0.05) is 0 Å². The third-order valence-corrected chi connectivity index (χ3v) is 2.21. The summed E-state index contributed by atoms with van der Waals surface area (Å²) in [6, 6.07) is 8.40. The Labute approximate surface area is 101 Å². The Morgan fingerprint density at radius 3 is 2.56 bits per heavy atom. The molecule has 0 amide bonds. The second kappa shape index (κ2) is 4.66. The molecule has 18 heavy (non-hydrogen) atoms. The number of rotatable bonds is 2. The average Bonchev–Trinajstić information content (AvgIpc) is 2.39. The summed E-state index contributed by atoms with van der Waals surface area (Å²) in [5.74, 6) is -0.902. The lowest BCUT2D eigenvalue weighted by atomic mass is 10.3. The van der Waals surface area contributed by atoms with E-state index in [2.05, 4.69) is 9.84 Å². The second-order valence-corrected chi connectivity index (χ2v) is 3.35. The molecule has 0 aliphatic heterocycles. The molecule has 0 atom stereocenters. The summed E-state index contributed by atoms with van der Waals surface area (Å²) in [7, 11) is 1.13. The van der Waals surface area contributed by atoms with Crippen molar-refractivity contribution in [3.8, 4) is 5.69 Å². The lowest BCUT2D eigenvalue weighted by Gasteiger charge is -2.04. The van der Waals surface area contributed by atoms with Crippen LogP contribution in [-0.4, -0.2) is 27.8 Å². The van der Waals surface area contributed by atoms with E-state index >= 15 is 0 Å². The van der Waals surface area contributed by atoms with Crippen LogP contribution < -0.4 is 11.2 Å². The van der Waals surface area contributed by atoms with Crippen molar-refractivity contribution in [2.45, 2.75) is 0 Å². The standard InChI is InChI=1S/C11H9N3O4/c1-18-10(16)8-9(15)12-11(17)14(13-8)7-5-3-2-4-6-7/h2-6H,1H3,(H,12,15,17). The van der Waals surface area contributed by atoms with Crippen molar-refractivity contribution in [3.05, 3.63) is 56.9 Å². The minimum atomic E-state index is -0.902. The molecule has 0 aliphatic carbocycles. The summed E-state index contributed by atoms with van der Waals surface area (Å²) in [5.41, 5.74) is -1.64. The zero-order valence-corrected chi connectivity index (χ0v) is 9.41. The van der Waals surface area contributed by atoms with Gasteiger partial charge in [0.1, 0.15) is 0 Å². The lowest BCUT2D eigenvalue weighted by Crippen LogP contribution is -2.36. The van der Waals surface area contributed by atoms with Gasteiger partial charge in [-0.25, -0.2) is 9.59 Å². The van der Waals surface area contributed by atoms with E-state index in [1.165, 1.54) is 0 Å². The number of carbonyl (C=O) groups is 1. The smallest absolute Gasteiger partial charge is 0.364 e. The summed E-state index contributed by atoms with van der Waals surface area (Å²) < 4.78 is 5.34. The monoisotopic (exact) mass is 247 g/mol. The molecule has 1 aromatic heterocycles. The van der Waals surface area contributed by atoms with Crippen LogP contribution in [0.5, 0.6) is 0 Å². The number of para-hydroxylation sites is 1. The van der Waals surface area contributed by atoms with E-state index in [4.69, 9.17) is 0 Å². The molecule has 7 heteroatoms. The molecular weight excluding hydrogens is 238 g/mol. The number of hydrogen-bond acceptors (Lipinski definition) is 5. The molecular formula is C11H9N3O4. The highest BCUT2D eigenvalue weighted by atomic mass is 16.5. The van der Waals surface area contributed by atoms with Crippen LogP contribution in [-0.2, 0) is 4.74 Å². The molecule has 0 saturated carbocycles. The number of H-pyrrole nitrogens is 1. The van der Waals surface area contributed by atoms with Crippen molar-refractivity contribution in [2.75, 3.05) is 7.11 Å². The Kier molecular flexibility index (Phi) is 3.05. The largest absolute Gasteiger partial charge is 0.464 e. The molecule has 2 rings (SSSR count). The quantitative estimate of drug-likeness (QED) is 0.736. The zero-order valence-electron chi connectivity index (χ0n) is 9.41. The third-order valence-electron chi connectivity index (χ3n) is 2.21. The van der Waals surface area contributed by atoms with Crippen molar-refractivity contribution < 1.29 is 9.53 Å². The molecule has 7 nitrogen and oxygen atoms in total. The van der Waals surface area contributed by atoms with E-state index in [9.17, 15) is 14.4 Å². The molecule has 0 saturated heterocycles. The average molecular weight is 247 g/mol. The molecule has 0 fully saturated rings. The van der Waals surface area contributed by atoms with Gasteiger partial charge in [-0.2, -0.15) is 9.78 Å². The highest BCUT2D eigenvalue weighted by molar-refractivity contribution is 5.86. The van der Waals surface area contributed by atoms with Crippen LogP contribution in [0.3, 0.4) is 0 Å². The Balaban J connectivity index is 2.67. The molecule has 0 bridgehead atoms. The topological polar surface area (TPSA) is 94.0 Å². The first kappa shape index (κ1) is 11.8. The fourth-order valence-corrected chi connectivity index (χ4v) is 1.37. The van der Waals surface area contributed by atoms with Gasteiger partial charge in [-0.1, -0.05) is 18.2 Å².